The van der Waals surface area contributed by atoms with E-state index in [0.29, 0.717) is 17.7 Å². The Balaban J connectivity index is 2.74. The Bertz CT molecular complexity index is 344. The van der Waals surface area contributed by atoms with E-state index in [1.54, 1.807) is 19.1 Å². The fraction of sp³-hybridized carbons (Fsp3) is 0.500. The Morgan fingerprint density at radius 2 is 2.19 bits per heavy atom. The van der Waals surface area contributed by atoms with Crippen LogP contribution in [0.1, 0.15) is 18.9 Å². The molecule has 0 fully saturated rings. The second-order valence-electron chi connectivity index (χ2n) is 3.82. The largest absolute Gasteiger partial charge is 0.486 e. The molecule has 3 nitrogen and oxygen atoms in total. The van der Waals surface area contributed by atoms with Gasteiger partial charge in [-0.1, -0.05) is 13.0 Å². The summed E-state index contributed by atoms with van der Waals surface area (Å²) in [7, 11) is 0. The van der Waals surface area contributed by atoms with Gasteiger partial charge in [0.25, 0.3) is 0 Å². The highest BCUT2D eigenvalue weighted by molar-refractivity contribution is 5.28. The average Bonchev–Trinajstić information content (AvgIpc) is 2.29. The van der Waals surface area contributed by atoms with Crippen LogP contribution in [0.5, 0.6) is 5.75 Å². The van der Waals surface area contributed by atoms with Crippen molar-refractivity contribution in [3.8, 4) is 5.75 Å². The van der Waals surface area contributed by atoms with Crippen molar-refractivity contribution in [1.29, 1.82) is 0 Å². The van der Waals surface area contributed by atoms with E-state index in [1.807, 2.05) is 6.92 Å². The lowest BCUT2D eigenvalue weighted by molar-refractivity contribution is 0.0929. The van der Waals surface area contributed by atoms with Crippen molar-refractivity contribution in [2.45, 2.75) is 32.4 Å². The van der Waals surface area contributed by atoms with Crippen LogP contribution in [0.2, 0.25) is 0 Å². The van der Waals surface area contributed by atoms with Crippen molar-refractivity contribution in [3.05, 3.63) is 29.6 Å². The zero-order valence-corrected chi connectivity index (χ0v) is 9.61. The highest BCUT2D eigenvalue weighted by atomic mass is 19.1. The molecular formula is C12H18FNO2. The first-order chi connectivity index (χ1) is 7.58. The lowest BCUT2D eigenvalue weighted by atomic mass is 10.1. The van der Waals surface area contributed by atoms with E-state index >= 15 is 0 Å². The van der Waals surface area contributed by atoms with Gasteiger partial charge in [-0.3, -0.25) is 0 Å². The van der Waals surface area contributed by atoms with Crippen molar-refractivity contribution < 1.29 is 14.2 Å². The maximum absolute atomic E-state index is 13.2. The van der Waals surface area contributed by atoms with Gasteiger partial charge in [0.2, 0.25) is 0 Å². The summed E-state index contributed by atoms with van der Waals surface area (Å²) in [4.78, 5) is 0. The molecule has 0 radical (unpaired) electrons. The fourth-order valence-corrected chi connectivity index (χ4v) is 1.34. The minimum atomic E-state index is -0.493. The minimum Gasteiger partial charge on any atom is -0.486 e. The molecule has 0 heterocycles. The third-order valence-electron chi connectivity index (χ3n) is 2.56. The van der Waals surface area contributed by atoms with Gasteiger partial charge >= 0.3 is 0 Å². The Morgan fingerprint density at radius 1 is 1.50 bits per heavy atom. The van der Waals surface area contributed by atoms with Crippen LogP contribution in [-0.4, -0.2) is 23.9 Å². The second kappa shape index (κ2) is 5.82. The number of hydrogen-bond donors (Lipinski definition) is 2. The maximum atomic E-state index is 13.2. The van der Waals surface area contributed by atoms with E-state index in [0.717, 1.165) is 0 Å². The Labute approximate surface area is 95.0 Å². The van der Waals surface area contributed by atoms with Crippen LogP contribution >= 0.6 is 0 Å². The van der Waals surface area contributed by atoms with Crippen LogP contribution in [0.4, 0.5) is 4.39 Å². The molecule has 16 heavy (non-hydrogen) atoms. The Kier molecular flexibility index (Phi) is 4.71. The normalized spacial score (nSPS) is 14.6. The Morgan fingerprint density at radius 3 is 2.69 bits per heavy atom. The van der Waals surface area contributed by atoms with Crippen LogP contribution in [0.15, 0.2) is 18.2 Å². The quantitative estimate of drug-likeness (QED) is 0.803. The SMILES string of the molecule is CCC(N)C(CO)Oc1ccc(C)c(F)c1. The molecule has 1 aromatic rings. The predicted octanol–water partition coefficient (Wildman–Crippen LogP) is 1.61. The molecular weight excluding hydrogens is 209 g/mol. The molecule has 2 unspecified atom stereocenters. The molecule has 2 atom stereocenters. The van der Waals surface area contributed by atoms with Crippen molar-refractivity contribution in [3.63, 3.8) is 0 Å². The monoisotopic (exact) mass is 227 g/mol. The van der Waals surface area contributed by atoms with Gasteiger partial charge in [-0.2, -0.15) is 0 Å². The molecule has 1 aromatic carbocycles. The predicted molar refractivity (Wildman–Crippen MR) is 60.9 cm³/mol. The molecule has 0 aliphatic carbocycles. The van der Waals surface area contributed by atoms with E-state index in [-0.39, 0.29) is 18.5 Å². The fourth-order valence-electron chi connectivity index (χ4n) is 1.34. The van der Waals surface area contributed by atoms with E-state index in [9.17, 15) is 4.39 Å². The number of nitrogens with two attached hydrogens (primary N) is 1. The summed E-state index contributed by atoms with van der Waals surface area (Å²) >= 11 is 0. The van der Waals surface area contributed by atoms with Crippen molar-refractivity contribution >= 4 is 0 Å². The number of ether oxygens (including phenoxy) is 1. The van der Waals surface area contributed by atoms with Gasteiger partial charge in [0, 0.05) is 12.1 Å². The summed E-state index contributed by atoms with van der Waals surface area (Å²) in [5.41, 5.74) is 6.33. The van der Waals surface area contributed by atoms with Gasteiger partial charge in [-0.25, -0.2) is 4.39 Å². The van der Waals surface area contributed by atoms with E-state index in [1.165, 1.54) is 6.07 Å². The van der Waals surface area contributed by atoms with Crippen LogP contribution in [0.3, 0.4) is 0 Å². The maximum Gasteiger partial charge on any atom is 0.137 e. The highest BCUT2D eigenvalue weighted by Crippen LogP contribution is 2.18. The number of aliphatic hydroxyl groups excluding tert-OH is 1. The van der Waals surface area contributed by atoms with Gasteiger partial charge in [0.05, 0.1) is 6.61 Å². The summed E-state index contributed by atoms with van der Waals surface area (Å²) in [5.74, 6) is 0.0744. The van der Waals surface area contributed by atoms with Gasteiger partial charge in [0.1, 0.15) is 17.7 Å². The lowest BCUT2D eigenvalue weighted by Gasteiger charge is -2.22. The topological polar surface area (TPSA) is 55.5 Å². The van der Waals surface area contributed by atoms with Crippen LogP contribution in [-0.2, 0) is 0 Å². The smallest absolute Gasteiger partial charge is 0.137 e. The van der Waals surface area contributed by atoms with Crippen molar-refractivity contribution in [1.82, 2.24) is 0 Å². The Hall–Kier alpha value is -1.13. The number of hydrogen-bond acceptors (Lipinski definition) is 3. The first kappa shape index (κ1) is 12.9. The molecule has 3 N–H and O–H groups in total. The van der Waals surface area contributed by atoms with Gasteiger partial charge in [-0.15, -0.1) is 0 Å². The molecule has 1 rings (SSSR count). The van der Waals surface area contributed by atoms with Gasteiger partial charge in [0.15, 0.2) is 0 Å². The summed E-state index contributed by atoms with van der Waals surface area (Å²) < 4.78 is 18.7. The summed E-state index contributed by atoms with van der Waals surface area (Å²) in [6, 6.07) is 4.36. The second-order valence-corrected chi connectivity index (χ2v) is 3.82. The third-order valence-corrected chi connectivity index (χ3v) is 2.56. The summed E-state index contributed by atoms with van der Waals surface area (Å²) in [6.07, 6.45) is 0.201. The molecule has 0 aromatic heterocycles. The number of halogens is 1. The zero-order valence-electron chi connectivity index (χ0n) is 9.61. The molecule has 0 saturated heterocycles. The number of aryl methyl sites for hydroxylation is 1. The number of aliphatic hydroxyl groups is 1. The molecule has 0 bridgehead atoms. The molecule has 0 amide bonds. The standard InChI is InChI=1S/C12H18FNO2/c1-3-11(14)12(7-15)16-9-5-4-8(2)10(13)6-9/h4-6,11-12,15H,3,7,14H2,1-2H3. The van der Waals surface area contributed by atoms with Crippen molar-refractivity contribution in [2.75, 3.05) is 6.61 Å². The highest BCUT2D eigenvalue weighted by Gasteiger charge is 2.17. The molecule has 0 aliphatic rings. The minimum absolute atomic E-state index is 0.176. The number of rotatable bonds is 5. The van der Waals surface area contributed by atoms with E-state index in [4.69, 9.17) is 15.6 Å². The molecule has 0 aliphatic heterocycles. The summed E-state index contributed by atoms with van der Waals surface area (Å²) in [6.45, 7) is 3.41. The van der Waals surface area contributed by atoms with Crippen LogP contribution < -0.4 is 10.5 Å². The van der Waals surface area contributed by atoms with Gasteiger partial charge in [-0.05, 0) is 25.0 Å². The summed E-state index contributed by atoms with van der Waals surface area (Å²) in [5, 5.41) is 9.11. The van der Waals surface area contributed by atoms with Gasteiger partial charge < -0.3 is 15.6 Å². The molecule has 90 valence electrons. The van der Waals surface area contributed by atoms with E-state index < -0.39 is 6.10 Å². The lowest BCUT2D eigenvalue weighted by Crippen LogP contribution is -2.41. The van der Waals surface area contributed by atoms with Crippen molar-refractivity contribution in [2.24, 2.45) is 5.73 Å². The third kappa shape index (κ3) is 3.18. The molecule has 4 heteroatoms. The van der Waals surface area contributed by atoms with E-state index in [2.05, 4.69) is 0 Å². The average molecular weight is 227 g/mol. The first-order valence-corrected chi connectivity index (χ1v) is 5.37. The number of benzene rings is 1. The first-order valence-electron chi connectivity index (χ1n) is 5.37. The van der Waals surface area contributed by atoms with Crippen LogP contribution in [0.25, 0.3) is 0 Å². The zero-order chi connectivity index (χ0) is 12.1. The van der Waals surface area contributed by atoms with Crippen LogP contribution in [0, 0.1) is 12.7 Å². The molecule has 0 spiro atoms. The molecule has 0 saturated carbocycles.